The first kappa shape index (κ1) is 13.8. The Morgan fingerprint density at radius 2 is 1.92 bits per heavy atom. The summed E-state index contributed by atoms with van der Waals surface area (Å²) < 4.78 is 20.5. The normalized spacial score (nSPS) is 8.83. The Labute approximate surface area is 70.3 Å². The van der Waals surface area contributed by atoms with Crippen molar-refractivity contribution in [2.24, 2.45) is 0 Å². The second-order valence-corrected chi connectivity index (χ2v) is 1.70. The van der Waals surface area contributed by atoms with Crippen molar-refractivity contribution >= 4 is 5.97 Å². The van der Waals surface area contributed by atoms with Gasteiger partial charge in [-0.15, -0.1) is 0 Å². The van der Waals surface area contributed by atoms with Crippen LogP contribution in [-0.2, 0) is 19.2 Å². The fourth-order valence-corrected chi connectivity index (χ4v) is 0.440. The Kier molecular flexibility index (Phi) is 11.9. The third kappa shape index (κ3) is 9.28. The van der Waals surface area contributed by atoms with Crippen molar-refractivity contribution in [1.82, 2.24) is 6.15 Å². The molecular weight excluding hydrogens is 169 g/mol. The van der Waals surface area contributed by atoms with Crippen molar-refractivity contribution in [3.63, 3.8) is 0 Å². The second-order valence-electron chi connectivity index (χ2n) is 1.70. The van der Waals surface area contributed by atoms with Gasteiger partial charge in [0.1, 0.15) is 6.61 Å². The van der Waals surface area contributed by atoms with Crippen LogP contribution < -0.4 is 6.15 Å². The molecule has 74 valence electrons. The molecule has 0 aliphatic rings. The lowest BCUT2D eigenvalue weighted by atomic mass is 10.7. The van der Waals surface area contributed by atoms with Crippen molar-refractivity contribution in [3.05, 3.63) is 0 Å². The number of ether oxygens (including phenoxy) is 2. The van der Waals surface area contributed by atoms with Crippen LogP contribution in [0.3, 0.4) is 0 Å². The van der Waals surface area contributed by atoms with E-state index in [4.69, 9.17) is 4.74 Å². The Bertz CT molecular complexity index is 112. The lowest BCUT2D eigenvalue weighted by Gasteiger charge is -2.00. The van der Waals surface area contributed by atoms with Crippen LogP contribution in [0.4, 0.5) is 4.53 Å². The molecule has 6 heteroatoms. The maximum absolute atomic E-state index is 11.0. The first-order chi connectivity index (χ1) is 5.31. The molecule has 0 bridgehead atoms. The van der Waals surface area contributed by atoms with E-state index in [2.05, 4.69) is 9.68 Å². The van der Waals surface area contributed by atoms with Crippen LogP contribution in [0, 0.1) is 0 Å². The lowest BCUT2D eigenvalue weighted by Crippen LogP contribution is -2.12. The zero-order valence-electron chi connectivity index (χ0n) is 7.05. The van der Waals surface area contributed by atoms with Gasteiger partial charge in [0.25, 0.3) is 0 Å². The summed E-state index contributed by atoms with van der Waals surface area (Å²) in [4.78, 5) is 12.9. The van der Waals surface area contributed by atoms with Gasteiger partial charge in [0, 0.05) is 11.1 Å². The van der Waals surface area contributed by atoms with Crippen LogP contribution in [0.25, 0.3) is 0 Å². The van der Waals surface area contributed by atoms with Crippen LogP contribution in [-0.4, -0.2) is 32.4 Å². The van der Waals surface area contributed by atoms with Crippen molar-refractivity contribution in [1.29, 1.82) is 0 Å². The minimum Gasteiger partial charge on any atom is -0.379 e. The summed E-state index contributed by atoms with van der Waals surface area (Å²) >= 11 is 0. The summed E-state index contributed by atoms with van der Waals surface area (Å²) in [6.07, 6.45) is 0. The number of rotatable bonds is 6. The van der Waals surface area contributed by atoms with Crippen LogP contribution in [0.15, 0.2) is 0 Å². The first-order valence-electron chi connectivity index (χ1n) is 3.28. The molecule has 0 heterocycles. The molecule has 0 radical (unpaired) electrons. The monoisotopic (exact) mass is 183 g/mol. The van der Waals surface area contributed by atoms with Crippen LogP contribution in [0.2, 0.25) is 0 Å². The molecule has 5 nitrogen and oxygen atoms in total. The molecule has 0 aliphatic carbocycles. The molecule has 0 amide bonds. The summed E-state index contributed by atoms with van der Waals surface area (Å²) in [6.45, 7) is 2.73. The Morgan fingerprint density at radius 3 is 2.42 bits per heavy atom. The third-order valence-corrected chi connectivity index (χ3v) is 0.882. The molecule has 0 unspecified atom stereocenters. The predicted octanol–water partition coefficient (Wildman–Crippen LogP) is 0.629. The minimum atomic E-state index is -1.03. The van der Waals surface area contributed by atoms with Gasteiger partial charge in [0.15, 0.2) is 0 Å². The van der Waals surface area contributed by atoms with Gasteiger partial charge in [0.2, 0.25) is 0 Å². The number of halogens is 1. The van der Waals surface area contributed by atoms with Gasteiger partial charge in [-0.25, -0.2) is 4.79 Å². The van der Waals surface area contributed by atoms with Gasteiger partial charge >= 0.3 is 5.97 Å². The average Bonchev–Trinajstić information content (AvgIpc) is 2.04. The van der Waals surface area contributed by atoms with Crippen molar-refractivity contribution in [3.8, 4) is 0 Å². The molecule has 0 saturated carbocycles. The molecule has 0 atom stereocenters. The van der Waals surface area contributed by atoms with E-state index >= 15 is 0 Å². The van der Waals surface area contributed by atoms with E-state index in [-0.39, 0.29) is 19.4 Å². The third-order valence-electron chi connectivity index (χ3n) is 0.882. The first-order valence-corrected chi connectivity index (χ1v) is 3.28. The van der Waals surface area contributed by atoms with Crippen molar-refractivity contribution < 1.29 is 23.7 Å². The SMILES string of the molecule is CCOCCOCC(=O)OF.N. The highest BCUT2D eigenvalue weighted by atomic mass is 19.3. The number of carbonyl (C=O) groups is 1. The van der Waals surface area contributed by atoms with Crippen LogP contribution >= 0.6 is 0 Å². The molecule has 0 saturated heterocycles. The van der Waals surface area contributed by atoms with E-state index in [1.165, 1.54) is 0 Å². The van der Waals surface area contributed by atoms with Gasteiger partial charge in [0.05, 0.1) is 13.2 Å². The van der Waals surface area contributed by atoms with Gasteiger partial charge in [-0.3, -0.25) is 4.94 Å². The number of hydrogen-bond donors (Lipinski definition) is 1. The van der Waals surface area contributed by atoms with E-state index in [1.54, 1.807) is 0 Å². The zero-order chi connectivity index (χ0) is 8.53. The van der Waals surface area contributed by atoms with Crippen molar-refractivity contribution in [2.45, 2.75) is 6.92 Å². The minimum absolute atomic E-state index is 0. The summed E-state index contributed by atoms with van der Waals surface area (Å²) in [5.41, 5.74) is 0. The smallest absolute Gasteiger partial charge is 0.374 e. The molecule has 0 aromatic rings. The van der Waals surface area contributed by atoms with Gasteiger partial charge < -0.3 is 15.6 Å². The van der Waals surface area contributed by atoms with E-state index < -0.39 is 5.97 Å². The summed E-state index contributed by atoms with van der Waals surface area (Å²) in [5, 5.41) is 0. The largest absolute Gasteiger partial charge is 0.379 e. The molecule has 0 aliphatic heterocycles. The number of carbonyl (C=O) groups excluding carboxylic acids is 1. The second kappa shape index (κ2) is 10.3. The highest BCUT2D eigenvalue weighted by Gasteiger charge is 2.01. The molecule has 0 aromatic heterocycles. The molecular formula is C6H14FNO4. The van der Waals surface area contributed by atoms with Crippen LogP contribution in [0.5, 0.6) is 0 Å². The predicted molar refractivity (Wildman–Crippen MR) is 39.5 cm³/mol. The van der Waals surface area contributed by atoms with E-state index in [1.807, 2.05) is 6.92 Å². The Morgan fingerprint density at radius 1 is 1.33 bits per heavy atom. The van der Waals surface area contributed by atoms with Crippen LogP contribution in [0.1, 0.15) is 6.92 Å². The van der Waals surface area contributed by atoms with Gasteiger partial charge in [-0.1, -0.05) is 0 Å². The fraction of sp³-hybridized carbons (Fsp3) is 0.833. The number of hydrogen-bond acceptors (Lipinski definition) is 5. The van der Waals surface area contributed by atoms with Crippen molar-refractivity contribution in [2.75, 3.05) is 26.4 Å². The molecule has 0 fully saturated rings. The summed E-state index contributed by atoms with van der Waals surface area (Å²) in [6, 6.07) is 0. The molecule has 0 spiro atoms. The standard InChI is InChI=1S/C6H11FO4.H3N/c1-2-9-3-4-10-5-6(8)11-7;/h2-5H2,1H3;1H3. The Hall–Kier alpha value is -0.720. The Balaban J connectivity index is 0. The van der Waals surface area contributed by atoms with E-state index in [0.29, 0.717) is 13.2 Å². The lowest BCUT2D eigenvalue weighted by molar-refractivity contribution is -0.189. The average molecular weight is 183 g/mol. The van der Waals surface area contributed by atoms with E-state index in [0.717, 1.165) is 0 Å². The highest BCUT2D eigenvalue weighted by Crippen LogP contribution is 1.82. The zero-order valence-corrected chi connectivity index (χ0v) is 7.05. The molecule has 12 heavy (non-hydrogen) atoms. The maximum Gasteiger partial charge on any atom is 0.374 e. The quantitative estimate of drug-likeness (QED) is 0.611. The topological polar surface area (TPSA) is 79.8 Å². The maximum atomic E-state index is 11.0. The van der Waals surface area contributed by atoms with Gasteiger partial charge in [-0.2, -0.15) is 0 Å². The fourth-order valence-electron chi connectivity index (χ4n) is 0.440. The van der Waals surface area contributed by atoms with E-state index in [9.17, 15) is 9.32 Å². The van der Waals surface area contributed by atoms with Gasteiger partial charge in [-0.05, 0) is 6.92 Å². The molecule has 0 aromatic carbocycles. The molecule has 0 rings (SSSR count). The summed E-state index contributed by atoms with van der Waals surface area (Å²) in [7, 11) is 0. The summed E-state index contributed by atoms with van der Waals surface area (Å²) in [5.74, 6) is -1.03. The highest BCUT2D eigenvalue weighted by molar-refractivity contribution is 5.69. The molecule has 3 N–H and O–H groups in total.